The zero-order valence-electron chi connectivity index (χ0n) is 14.4. The molecule has 0 amide bonds. The molecule has 0 aromatic heterocycles. The molecule has 0 aliphatic rings. The van der Waals surface area contributed by atoms with Crippen LogP contribution >= 0.6 is 23.2 Å². The van der Waals surface area contributed by atoms with Crippen LogP contribution in [0.2, 0.25) is 16.4 Å². The molecule has 0 heterocycles. The third-order valence-corrected chi connectivity index (χ3v) is 4.73. The number of benzene rings is 1. The van der Waals surface area contributed by atoms with Crippen molar-refractivity contribution in [1.82, 2.24) is 5.32 Å². The van der Waals surface area contributed by atoms with E-state index in [2.05, 4.69) is 12.2 Å². The van der Waals surface area contributed by atoms with Crippen LogP contribution in [0.15, 0.2) is 18.2 Å². The summed E-state index contributed by atoms with van der Waals surface area (Å²) >= 11 is 12.0. The van der Waals surface area contributed by atoms with Crippen molar-refractivity contribution in [3.8, 4) is 0 Å². The summed E-state index contributed by atoms with van der Waals surface area (Å²) in [5.41, 5.74) is 7.19. The van der Waals surface area contributed by atoms with Gasteiger partial charge >= 0.3 is 7.12 Å². The fourth-order valence-electron chi connectivity index (χ4n) is 2.61. The topological polar surface area (TPSA) is 78.5 Å². The SMILES string of the molecule is CC(N)(CCCCB(O)O)CCNCCCc1ccc(Cl)cc1Cl. The van der Waals surface area contributed by atoms with Gasteiger partial charge in [0.05, 0.1) is 0 Å². The molecule has 24 heavy (non-hydrogen) atoms. The quantitative estimate of drug-likeness (QED) is 0.334. The first-order valence-electron chi connectivity index (χ1n) is 8.60. The maximum absolute atomic E-state index is 8.82. The van der Waals surface area contributed by atoms with E-state index in [-0.39, 0.29) is 5.54 Å². The van der Waals surface area contributed by atoms with Crippen LogP contribution in [0.4, 0.5) is 0 Å². The highest BCUT2D eigenvalue weighted by atomic mass is 35.5. The largest absolute Gasteiger partial charge is 0.451 e. The molecule has 4 nitrogen and oxygen atoms in total. The molecular weight excluding hydrogens is 346 g/mol. The maximum Gasteiger partial charge on any atom is 0.451 e. The van der Waals surface area contributed by atoms with Crippen molar-refractivity contribution in [2.45, 2.75) is 57.3 Å². The summed E-state index contributed by atoms with van der Waals surface area (Å²) in [6, 6.07) is 5.62. The molecule has 136 valence electrons. The molecule has 0 aliphatic heterocycles. The summed E-state index contributed by atoms with van der Waals surface area (Å²) in [5.74, 6) is 0. The van der Waals surface area contributed by atoms with Gasteiger partial charge in [-0.15, -0.1) is 0 Å². The van der Waals surface area contributed by atoms with Gasteiger partial charge in [-0.3, -0.25) is 0 Å². The zero-order valence-corrected chi connectivity index (χ0v) is 15.9. The number of nitrogens with one attached hydrogen (secondary N) is 1. The van der Waals surface area contributed by atoms with Crippen LogP contribution < -0.4 is 11.1 Å². The number of rotatable bonds is 12. The minimum Gasteiger partial charge on any atom is -0.427 e. The molecule has 0 bridgehead atoms. The molecule has 0 saturated carbocycles. The van der Waals surface area contributed by atoms with Gasteiger partial charge in [0.1, 0.15) is 0 Å². The Bertz CT molecular complexity index is 488. The van der Waals surface area contributed by atoms with E-state index in [1.165, 1.54) is 0 Å². The van der Waals surface area contributed by atoms with Crippen molar-refractivity contribution in [2.75, 3.05) is 13.1 Å². The minimum atomic E-state index is -1.20. The summed E-state index contributed by atoms with van der Waals surface area (Å²) in [7, 11) is -1.20. The first-order chi connectivity index (χ1) is 11.3. The molecule has 1 atom stereocenters. The monoisotopic (exact) mass is 374 g/mol. The minimum absolute atomic E-state index is 0.215. The summed E-state index contributed by atoms with van der Waals surface area (Å²) in [6.45, 7) is 3.85. The van der Waals surface area contributed by atoms with Crippen molar-refractivity contribution >= 4 is 30.3 Å². The Morgan fingerprint density at radius 3 is 2.54 bits per heavy atom. The van der Waals surface area contributed by atoms with E-state index in [4.69, 9.17) is 39.0 Å². The molecule has 0 radical (unpaired) electrons. The lowest BCUT2D eigenvalue weighted by Crippen LogP contribution is -2.39. The molecule has 5 N–H and O–H groups in total. The van der Waals surface area contributed by atoms with Crippen molar-refractivity contribution in [1.29, 1.82) is 0 Å². The van der Waals surface area contributed by atoms with Crippen molar-refractivity contribution in [2.24, 2.45) is 5.73 Å². The number of hydrogen-bond donors (Lipinski definition) is 4. The predicted octanol–water partition coefficient (Wildman–Crippen LogP) is 3.27. The first kappa shape index (κ1) is 21.7. The average molecular weight is 375 g/mol. The molecule has 0 fully saturated rings. The number of unbranched alkanes of at least 4 members (excludes halogenated alkanes) is 1. The van der Waals surface area contributed by atoms with Crippen LogP contribution in [0.5, 0.6) is 0 Å². The van der Waals surface area contributed by atoms with Gasteiger partial charge in [-0.1, -0.05) is 42.1 Å². The first-order valence-corrected chi connectivity index (χ1v) is 9.35. The lowest BCUT2D eigenvalue weighted by molar-refractivity contribution is 0.369. The summed E-state index contributed by atoms with van der Waals surface area (Å²) in [5, 5.41) is 22.4. The van der Waals surface area contributed by atoms with Crippen LogP contribution in [0, 0.1) is 0 Å². The molecule has 0 aliphatic carbocycles. The van der Waals surface area contributed by atoms with Gasteiger partial charge in [0.15, 0.2) is 0 Å². The lowest BCUT2D eigenvalue weighted by atomic mass is 9.82. The fraction of sp³-hybridized carbons (Fsp3) is 0.647. The van der Waals surface area contributed by atoms with Crippen LogP contribution in [-0.4, -0.2) is 35.8 Å². The summed E-state index contributed by atoms with van der Waals surface area (Å²) in [4.78, 5) is 0. The maximum atomic E-state index is 8.82. The van der Waals surface area contributed by atoms with E-state index in [0.29, 0.717) is 11.3 Å². The van der Waals surface area contributed by atoms with Crippen molar-refractivity contribution in [3.05, 3.63) is 33.8 Å². The molecular formula is C17H29BCl2N2O2. The normalized spacial score (nSPS) is 13.8. The van der Waals surface area contributed by atoms with Gasteiger partial charge in [-0.2, -0.15) is 0 Å². The number of halogens is 2. The third kappa shape index (κ3) is 9.87. The number of hydrogen-bond acceptors (Lipinski definition) is 4. The van der Waals surface area contributed by atoms with E-state index in [0.717, 1.165) is 62.2 Å². The van der Waals surface area contributed by atoms with Crippen LogP contribution in [-0.2, 0) is 6.42 Å². The molecule has 7 heteroatoms. The molecule has 1 aromatic carbocycles. The van der Waals surface area contributed by atoms with E-state index in [1.807, 2.05) is 12.1 Å². The predicted molar refractivity (Wildman–Crippen MR) is 104 cm³/mol. The van der Waals surface area contributed by atoms with E-state index < -0.39 is 7.12 Å². The van der Waals surface area contributed by atoms with E-state index in [1.54, 1.807) is 6.07 Å². The smallest absolute Gasteiger partial charge is 0.427 e. The van der Waals surface area contributed by atoms with E-state index in [9.17, 15) is 0 Å². The van der Waals surface area contributed by atoms with Gasteiger partial charge in [0, 0.05) is 15.6 Å². The molecule has 1 unspecified atom stereocenters. The van der Waals surface area contributed by atoms with E-state index >= 15 is 0 Å². The summed E-state index contributed by atoms with van der Waals surface area (Å²) in [6.07, 6.45) is 5.85. The Morgan fingerprint density at radius 1 is 1.12 bits per heavy atom. The fourth-order valence-corrected chi connectivity index (χ4v) is 3.11. The highest BCUT2D eigenvalue weighted by Gasteiger charge is 2.17. The van der Waals surface area contributed by atoms with Crippen LogP contribution in [0.3, 0.4) is 0 Å². The highest BCUT2D eigenvalue weighted by Crippen LogP contribution is 2.22. The third-order valence-electron chi connectivity index (χ3n) is 4.15. The van der Waals surface area contributed by atoms with Crippen molar-refractivity contribution in [3.63, 3.8) is 0 Å². The Kier molecular flexibility index (Phi) is 10.3. The Morgan fingerprint density at radius 2 is 1.88 bits per heavy atom. The van der Waals surface area contributed by atoms with Gasteiger partial charge in [0.2, 0.25) is 0 Å². The second kappa shape index (κ2) is 11.3. The molecule has 1 aromatic rings. The second-order valence-corrected chi connectivity index (χ2v) is 7.56. The van der Waals surface area contributed by atoms with Gasteiger partial charge in [-0.25, -0.2) is 0 Å². The van der Waals surface area contributed by atoms with Gasteiger partial charge in [-0.05, 0) is 69.7 Å². The van der Waals surface area contributed by atoms with Crippen LogP contribution in [0.1, 0.15) is 44.6 Å². The Labute approximate surface area is 155 Å². The second-order valence-electron chi connectivity index (χ2n) is 6.72. The Balaban J connectivity index is 2.10. The summed E-state index contributed by atoms with van der Waals surface area (Å²) < 4.78 is 0. The standard InChI is InChI=1S/C17H29BCl2N2O2/c1-17(21,8-2-3-10-18(23)24)9-12-22-11-4-5-14-6-7-15(19)13-16(14)20/h6-7,13,22-24H,2-5,8-12,21H2,1H3. The average Bonchev–Trinajstić information content (AvgIpc) is 2.49. The molecule has 0 saturated heterocycles. The lowest BCUT2D eigenvalue weighted by Gasteiger charge is -2.24. The zero-order chi connectivity index (χ0) is 18.0. The number of aryl methyl sites for hydroxylation is 1. The highest BCUT2D eigenvalue weighted by molar-refractivity contribution is 6.40. The number of nitrogens with two attached hydrogens (primary N) is 1. The van der Waals surface area contributed by atoms with Crippen molar-refractivity contribution < 1.29 is 10.0 Å². The molecule has 0 spiro atoms. The van der Waals surface area contributed by atoms with Gasteiger partial charge < -0.3 is 21.1 Å². The molecule has 1 rings (SSSR count). The van der Waals surface area contributed by atoms with Gasteiger partial charge in [0.25, 0.3) is 0 Å². The Hall–Kier alpha value is -0.295. The van der Waals surface area contributed by atoms with Crippen LogP contribution in [0.25, 0.3) is 0 Å².